The molecule has 3 aromatic rings. The summed E-state index contributed by atoms with van der Waals surface area (Å²) in [4.78, 5) is 15.7. The number of oxazole rings is 1. The second kappa shape index (κ2) is 3.87. The van der Waals surface area contributed by atoms with Crippen molar-refractivity contribution in [1.82, 2.24) is 9.38 Å². The maximum atomic E-state index is 11.6. The minimum atomic E-state index is -0.433. The summed E-state index contributed by atoms with van der Waals surface area (Å²) in [7, 11) is 0. The molecular weight excluding hydrogens is 232 g/mol. The third-order valence-corrected chi connectivity index (χ3v) is 2.73. The smallest absolute Gasteiger partial charge is 0.358 e. The first kappa shape index (κ1) is 10.8. The molecule has 0 radical (unpaired) electrons. The fraction of sp³-hybridized carbons (Fsp3) is 0.231. The quantitative estimate of drug-likeness (QED) is 0.650. The SMILES string of the molecule is CCOC(=O)c1cn2c(n1)oc1ccc(C)cc12. The molecule has 0 amide bonds. The van der Waals surface area contributed by atoms with Crippen LogP contribution >= 0.6 is 0 Å². The van der Waals surface area contributed by atoms with Gasteiger partial charge in [-0.05, 0) is 31.5 Å². The Morgan fingerprint density at radius 3 is 3.11 bits per heavy atom. The number of hydrogen-bond donors (Lipinski definition) is 0. The molecule has 92 valence electrons. The molecule has 5 nitrogen and oxygen atoms in total. The Morgan fingerprint density at radius 2 is 2.33 bits per heavy atom. The van der Waals surface area contributed by atoms with Crippen LogP contribution < -0.4 is 0 Å². The van der Waals surface area contributed by atoms with E-state index in [0.29, 0.717) is 12.5 Å². The molecule has 0 saturated heterocycles. The molecule has 0 fully saturated rings. The van der Waals surface area contributed by atoms with E-state index in [1.165, 1.54) is 0 Å². The molecule has 0 N–H and O–H groups in total. The summed E-state index contributed by atoms with van der Waals surface area (Å²) in [5, 5.41) is 0. The van der Waals surface area contributed by atoms with Crippen LogP contribution in [0.2, 0.25) is 0 Å². The predicted molar refractivity (Wildman–Crippen MR) is 65.7 cm³/mol. The number of rotatable bonds is 2. The first-order valence-electron chi connectivity index (χ1n) is 5.74. The highest BCUT2D eigenvalue weighted by atomic mass is 16.5. The van der Waals surface area contributed by atoms with Crippen molar-refractivity contribution >= 4 is 22.9 Å². The third kappa shape index (κ3) is 1.55. The van der Waals surface area contributed by atoms with Crippen LogP contribution in [0, 0.1) is 6.92 Å². The third-order valence-electron chi connectivity index (χ3n) is 2.73. The van der Waals surface area contributed by atoms with Crippen LogP contribution in [0.5, 0.6) is 0 Å². The standard InChI is InChI=1S/C13H12N2O3/c1-3-17-12(16)9-7-15-10-6-8(2)4-5-11(10)18-13(15)14-9/h4-7H,3H2,1-2H3. The topological polar surface area (TPSA) is 56.7 Å². The van der Waals surface area contributed by atoms with Crippen molar-refractivity contribution < 1.29 is 13.9 Å². The highest BCUT2D eigenvalue weighted by Crippen LogP contribution is 2.21. The van der Waals surface area contributed by atoms with E-state index in [1.807, 2.05) is 25.1 Å². The van der Waals surface area contributed by atoms with Gasteiger partial charge in [0, 0.05) is 6.20 Å². The second-order valence-electron chi connectivity index (χ2n) is 4.07. The van der Waals surface area contributed by atoms with Gasteiger partial charge < -0.3 is 9.15 Å². The molecule has 0 aliphatic heterocycles. The minimum Gasteiger partial charge on any atom is -0.461 e. The monoisotopic (exact) mass is 244 g/mol. The average Bonchev–Trinajstić information content (AvgIpc) is 2.87. The van der Waals surface area contributed by atoms with E-state index < -0.39 is 5.97 Å². The number of carbonyl (C=O) groups is 1. The highest BCUT2D eigenvalue weighted by molar-refractivity contribution is 5.89. The molecular formula is C13H12N2O3. The number of imidazole rings is 1. The van der Waals surface area contributed by atoms with Gasteiger partial charge in [-0.15, -0.1) is 0 Å². The first-order valence-corrected chi connectivity index (χ1v) is 5.74. The Labute approximate surface area is 103 Å². The number of hydrogen-bond acceptors (Lipinski definition) is 4. The molecule has 0 aliphatic rings. The minimum absolute atomic E-state index is 0.263. The van der Waals surface area contributed by atoms with Crippen LogP contribution in [0.1, 0.15) is 23.0 Å². The Kier molecular flexibility index (Phi) is 2.33. The van der Waals surface area contributed by atoms with Gasteiger partial charge in [0.05, 0.1) is 12.1 Å². The first-order chi connectivity index (χ1) is 8.69. The number of fused-ring (bicyclic) bond motifs is 3. The van der Waals surface area contributed by atoms with Crippen molar-refractivity contribution in [3.05, 3.63) is 35.7 Å². The van der Waals surface area contributed by atoms with Gasteiger partial charge in [-0.2, -0.15) is 4.98 Å². The molecule has 0 unspecified atom stereocenters. The molecule has 0 bridgehead atoms. The zero-order chi connectivity index (χ0) is 12.7. The zero-order valence-corrected chi connectivity index (χ0v) is 10.1. The lowest BCUT2D eigenvalue weighted by molar-refractivity contribution is 0.0520. The average molecular weight is 244 g/mol. The molecule has 1 aromatic carbocycles. The van der Waals surface area contributed by atoms with Crippen molar-refractivity contribution in [2.45, 2.75) is 13.8 Å². The Bertz CT molecular complexity index is 739. The molecule has 2 aromatic heterocycles. The van der Waals surface area contributed by atoms with E-state index in [4.69, 9.17) is 9.15 Å². The molecule has 3 rings (SSSR count). The van der Waals surface area contributed by atoms with Crippen molar-refractivity contribution in [3.8, 4) is 0 Å². The van der Waals surface area contributed by atoms with Gasteiger partial charge >= 0.3 is 11.8 Å². The Hall–Kier alpha value is -2.30. The van der Waals surface area contributed by atoms with Gasteiger partial charge in [0.15, 0.2) is 11.3 Å². The molecule has 0 spiro atoms. The van der Waals surface area contributed by atoms with Crippen molar-refractivity contribution in [2.75, 3.05) is 6.61 Å². The van der Waals surface area contributed by atoms with Gasteiger partial charge in [-0.3, -0.25) is 4.40 Å². The largest absolute Gasteiger partial charge is 0.461 e. The van der Waals surface area contributed by atoms with Crippen LogP contribution in [0.4, 0.5) is 0 Å². The molecule has 0 aliphatic carbocycles. The summed E-state index contributed by atoms with van der Waals surface area (Å²) in [6.07, 6.45) is 1.64. The number of aromatic nitrogens is 2. The number of ether oxygens (including phenoxy) is 1. The van der Waals surface area contributed by atoms with Crippen molar-refractivity contribution in [2.24, 2.45) is 0 Å². The summed E-state index contributed by atoms with van der Waals surface area (Å²) >= 11 is 0. The number of benzene rings is 1. The highest BCUT2D eigenvalue weighted by Gasteiger charge is 2.16. The summed E-state index contributed by atoms with van der Waals surface area (Å²) in [6, 6.07) is 5.85. The van der Waals surface area contributed by atoms with Crippen molar-refractivity contribution in [3.63, 3.8) is 0 Å². The number of esters is 1. The fourth-order valence-electron chi connectivity index (χ4n) is 1.91. The van der Waals surface area contributed by atoms with Gasteiger partial charge in [0.1, 0.15) is 0 Å². The van der Waals surface area contributed by atoms with Gasteiger partial charge in [-0.1, -0.05) is 6.07 Å². The van der Waals surface area contributed by atoms with E-state index in [0.717, 1.165) is 16.7 Å². The van der Waals surface area contributed by atoms with Crippen LogP contribution in [0.3, 0.4) is 0 Å². The summed E-state index contributed by atoms with van der Waals surface area (Å²) in [5.41, 5.74) is 3.03. The van der Waals surface area contributed by atoms with Gasteiger partial charge in [-0.25, -0.2) is 4.79 Å². The molecule has 2 heterocycles. The molecule has 18 heavy (non-hydrogen) atoms. The zero-order valence-electron chi connectivity index (χ0n) is 10.1. The van der Waals surface area contributed by atoms with Gasteiger partial charge in [0.2, 0.25) is 0 Å². The maximum absolute atomic E-state index is 11.6. The van der Waals surface area contributed by atoms with E-state index in [-0.39, 0.29) is 5.69 Å². The number of aryl methyl sites for hydroxylation is 1. The van der Waals surface area contributed by atoms with Crippen LogP contribution in [-0.2, 0) is 4.74 Å². The van der Waals surface area contributed by atoms with Crippen LogP contribution in [0.15, 0.2) is 28.8 Å². The normalized spacial score (nSPS) is 11.2. The van der Waals surface area contributed by atoms with E-state index in [9.17, 15) is 4.79 Å². The van der Waals surface area contributed by atoms with Crippen molar-refractivity contribution in [1.29, 1.82) is 0 Å². The molecule has 0 atom stereocenters. The molecule has 0 saturated carbocycles. The predicted octanol–water partition coefficient (Wildman–Crippen LogP) is 2.57. The summed E-state index contributed by atoms with van der Waals surface area (Å²) in [5.74, 6) is -0.0316. The summed E-state index contributed by atoms with van der Waals surface area (Å²) < 4.78 is 12.2. The number of carbonyl (C=O) groups excluding carboxylic acids is 1. The van der Waals surface area contributed by atoms with E-state index in [2.05, 4.69) is 4.98 Å². The van der Waals surface area contributed by atoms with Crippen LogP contribution in [-0.4, -0.2) is 22.0 Å². The Balaban J connectivity index is 2.18. The molecule has 5 heteroatoms. The van der Waals surface area contributed by atoms with Crippen LogP contribution in [0.25, 0.3) is 16.9 Å². The lowest BCUT2D eigenvalue weighted by Crippen LogP contribution is -2.04. The van der Waals surface area contributed by atoms with E-state index >= 15 is 0 Å². The lowest BCUT2D eigenvalue weighted by atomic mass is 10.2. The summed E-state index contributed by atoms with van der Waals surface area (Å²) in [6.45, 7) is 4.09. The van der Waals surface area contributed by atoms with E-state index in [1.54, 1.807) is 17.5 Å². The number of nitrogens with zero attached hydrogens (tertiary/aromatic N) is 2. The van der Waals surface area contributed by atoms with Gasteiger partial charge in [0.25, 0.3) is 0 Å². The second-order valence-corrected chi connectivity index (χ2v) is 4.07. The fourth-order valence-corrected chi connectivity index (χ4v) is 1.91. The Morgan fingerprint density at radius 1 is 1.50 bits per heavy atom. The maximum Gasteiger partial charge on any atom is 0.358 e. The lowest BCUT2D eigenvalue weighted by Gasteiger charge is -1.96.